The summed E-state index contributed by atoms with van der Waals surface area (Å²) in [6.07, 6.45) is 8.33. The fraction of sp³-hybridized carbons (Fsp3) is 0.600. The van der Waals surface area contributed by atoms with Gasteiger partial charge in [0.2, 0.25) is 0 Å². The van der Waals surface area contributed by atoms with E-state index in [4.69, 9.17) is 0 Å². The van der Waals surface area contributed by atoms with Gasteiger partial charge < -0.3 is 10.4 Å². The van der Waals surface area contributed by atoms with Gasteiger partial charge in [-0.1, -0.05) is 25.7 Å². The van der Waals surface area contributed by atoms with Gasteiger partial charge >= 0.3 is 0 Å². The van der Waals surface area contributed by atoms with Crippen LogP contribution in [0.5, 0.6) is 5.75 Å². The van der Waals surface area contributed by atoms with Crippen molar-refractivity contribution in [2.24, 2.45) is 5.92 Å². The van der Waals surface area contributed by atoms with Crippen molar-refractivity contribution in [3.8, 4) is 5.75 Å². The smallest absolute Gasteiger partial charge is 0.115 e. The van der Waals surface area contributed by atoms with E-state index in [1.54, 1.807) is 6.07 Å². The zero-order valence-corrected chi connectivity index (χ0v) is 10.7. The lowest BCUT2D eigenvalue weighted by molar-refractivity contribution is 0.474. The SMILES string of the molecule is Cc1cc(O)ccc1NCC1CCCCCC1. The quantitative estimate of drug-likeness (QED) is 0.609. The van der Waals surface area contributed by atoms with Crippen molar-refractivity contribution in [1.82, 2.24) is 0 Å². The molecule has 1 saturated carbocycles. The fourth-order valence-corrected chi connectivity index (χ4v) is 2.67. The van der Waals surface area contributed by atoms with Crippen LogP contribution in [-0.2, 0) is 0 Å². The van der Waals surface area contributed by atoms with Crippen LogP contribution in [0.2, 0.25) is 0 Å². The maximum Gasteiger partial charge on any atom is 0.115 e. The van der Waals surface area contributed by atoms with Crippen molar-refractivity contribution >= 4 is 5.69 Å². The molecule has 0 spiro atoms. The van der Waals surface area contributed by atoms with Gasteiger partial charge in [0.15, 0.2) is 0 Å². The molecule has 2 nitrogen and oxygen atoms in total. The minimum absolute atomic E-state index is 0.350. The molecule has 1 fully saturated rings. The van der Waals surface area contributed by atoms with E-state index in [9.17, 15) is 5.11 Å². The second-order valence-electron chi connectivity index (χ2n) is 5.24. The molecule has 0 radical (unpaired) electrons. The van der Waals surface area contributed by atoms with Gasteiger partial charge in [0.05, 0.1) is 0 Å². The minimum Gasteiger partial charge on any atom is -0.508 e. The van der Waals surface area contributed by atoms with E-state index in [1.807, 2.05) is 19.1 Å². The van der Waals surface area contributed by atoms with E-state index in [0.29, 0.717) is 5.75 Å². The first-order valence-electron chi connectivity index (χ1n) is 6.79. The van der Waals surface area contributed by atoms with Crippen LogP contribution in [0.4, 0.5) is 5.69 Å². The number of aryl methyl sites for hydroxylation is 1. The number of aromatic hydroxyl groups is 1. The second kappa shape index (κ2) is 5.95. The zero-order valence-electron chi connectivity index (χ0n) is 10.7. The summed E-state index contributed by atoms with van der Waals surface area (Å²) >= 11 is 0. The highest BCUT2D eigenvalue weighted by Gasteiger charge is 2.12. The monoisotopic (exact) mass is 233 g/mol. The van der Waals surface area contributed by atoms with Crippen LogP contribution in [0, 0.1) is 12.8 Å². The number of phenolic OH excluding ortho intramolecular Hbond substituents is 1. The molecule has 1 aliphatic rings. The van der Waals surface area contributed by atoms with Gasteiger partial charge in [-0.25, -0.2) is 0 Å². The van der Waals surface area contributed by atoms with Gasteiger partial charge in [-0.2, -0.15) is 0 Å². The van der Waals surface area contributed by atoms with E-state index in [1.165, 1.54) is 38.5 Å². The van der Waals surface area contributed by atoms with E-state index in [-0.39, 0.29) is 0 Å². The molecule has 1 aromatic carbocycles. The Bertz CT molecular complexity index is 354. The Labute approximate surface area is 104 Å². The van der Waals surface area contributed by atoms with Crippen molar-refractivity contribution in [3.63, 3.8) is 0 Å². The molecule has 0 bridgehead atoms. The first-order chi connectivity index (χ1) is 8.25. The van der Waals surface area contributed by atoms with Gasteiger partial charge in [0.1, 0.15) is 5.75 Å². The summed E-state index contributed by atoms with van der Waals surface area (Å²) < 4.78 is 0. The molecule has 0 heterocycles. The summed E-state index contributed by atoms with van der Waals surface area (Å²) in [5.74, 6) is 1.17. The van der Waals surface area contributed by atoms with E-state index in [2.05, 4.69) is 5.32 Å². The summed E-state index contributed by atoms with van der Waals surface area (Å²) in [6.45, 7) is 3.11. The van der Waals surface area contributed by atoms with Crippen molar-refractivity contribution in [3.05, 3.63) is 23.8 Å². The predicted octanol–water partition coefficient (Wildman–Crippen LogP) is 4.08. The molecule has 0 unspecified atom stereocenters. The van der Waals surface area contributed by atoms with Gasteiger partial charge in [-0.05, 0) is 49.4 Å². The van der Waals surface area contributed by atoms with Crippen LogP contribution in [0.3, 0.4) is 0 Å². The molecular weight excluding hydrogens is 210 g/mol. The average Bonchev–Trinajstić information content (AvgIpc) is 2.56. The maximum atomic E-state index is 9.36. The van der Waals surface area contributed by atoms with Crippen LogP contribution in [0.25, 0.3) is 0 Å². The van der Waals surface area contributed by atoms with Crippen molar-refractivity contribution in [2.75, 3.05) is 11.9 Å². The molecule has 1 aliphatic carbocycles. The summed E-state index contributed by atoms with van der Waals surface area (Å²) in [4.78, 5) is 0. The first kappa shape index (κ1) is 12.3. The highest BCUT2D eigenvalue weighted by atomic mass is 16.3. The number of benzene rings is 1. The van der Waals surface area contributed by atoms with Crippen molar-refractivity contribution in [2.45, 2.75) is 45.4 Å². The number of anilines is 1. The second-order valence-corrected chi connectivity index (χ2v) is 5.24. The Hall–Kier alpha value is -1.18. The third-order valence-electron chi connectivity index (χ3n) is 3.77. The third kappa shape index (κ3) is 3.65. The number of nitrogens with one attached hydrogen (secondary N) is 1. The number of phenols is 1. The minimum atomic E-state index is 0.350. The summed E-state index contributed by atoms with van der Waals surface area (Å²) in [5.41, 5.74) is 2.28. The van der Waals surface area contributed by atoms with Crippen LogP contribution >= 0.6 is 0 Å². The Morgan fingerprint density at radius 3 is 2.53 bits per heavy atom. The first-order valence-corrected chi connectivity index (χ1v) is 6.79. The van der Waals surface area contributed by atoms with E-state index >= 15 is 0 Å². The van der Waals surface area contributed by atoms with Gasteiger partial charge in [-0.15, -0.1) is 0 Å². The predicted molar refractivity (Wildman–Crippen MR) is 72.5 cm³/mol. The highest BCUT2D eigenvalue weighted by molar-refractivity contribution is 5.53. The number of hydrogen-bond acceptors (Lipinski definition) is 2. The topological polar surface area (TPSA) is 32.3 Å². The molecular formula is C15H23NO. The van der Waals surface area contributed by atoms with Gasteiger partial charge in [-0.3, -0.25) is 0 Å². The number of hydrogen-bond donors (Lipinski definition) is 2. The molecule has 0 saturated heterocycles. The van der Waals surface area contributed by atoms with Crippen molar-refractivity contribution < 1.29 is 5.11 Å². The lowest BCUT2D eigenvalue weighted by Gasteiger charge is -2.17. The van der Waals surface area contributed by atoms with Crippen LogP contribution in [0.1, 0.15) is 44.1 Å². The summed E-state index contributed by atoms with van der Waals surface area (Å²) in [6, 6.07) is 5.54. The fourth-order valence-electron chi connectivity index (χ4n) is 2.67. The molecule has 0 amide bonds. The number of rotatable bonds is 3. The molecule has 17 heavy (non-hydrogen) atoms. The third-order valence-corrected chi connectivity index (χ3v) is 3.77. The van der Waals surface area contributed by atoms with E-state index in [0.717, 1.165) is 23.7 Å². The molecule has 0 atom stereocenters. The molecule has 2 N–H and O–H groups in total. The summed E-state index contributed by atoms with van der Waals surface area (Å²) in [7, 11) is 0. The molecule has 2 heteroatoms. The van der Waals surface area contributed by atoms with E-state index < -0.39 is 0 Å². The standard InChI is InChI=1S/C15H23NO/c1-12-10-14(17)8-9-15(12)16-11-13-6-4-2-3-5-7-13/h8-10,13,16-17H,2-7,11H2,1H3. The van der Waals surface area contributed by atoms with Crippen LogP contribution in [-0.4, -0.2) is 11.7 Å². The molecule has 0 aliphatic heterocycles. The highest BCUT2D eigenvalue weighted by Crippen LogP contribution is 2.25. The van der Waals surface area contributed by atoms with Crippen LogP contribution < -0.4 is 5.32 Å². The lowest BCUT2D eigenvalue weighted by Crippen LogP contribution is -2.14. The molecule has 1 aromatic rings. The molecule has 2 rings (SSSR count). The Morgan fingerprint density at radius 1 is 1.18 bits per heavy atom. The Kier molecular flexibility index (Phi) is 4.29. The Morgan fingerprint density at radius 2 is 1.88 bits per heavy atom. The van der Waals surface area contributed by atoms with Gasteiger partial charge in [0.25, 0.3) is 0 Å². The zero-order chi connectivity index (χ0) is 12.1. The Balaban J connectivity index is 1.88. The van der Waals surface area contributed by atoms with Crippen LogP contribution in [0.15, 0.2) is 18.2 Å². The lowest BCUT2D eigenvalue weighted by atomic mass is 10.0. The average molecular weight is 233 g/mol. The van der Waals surface area contributed by atoms with Gasteiger partial charge in [0, 0.05) is 12.2 Å². The normalized spacial score (nSPS) is 17.7. The summed E-state index contributed by atoms with van der Waals surface area (Å²) in [5, 5.41) is 12.9. The van der Waals surface area contributed by atoms with Crippen molar-refractivity contribution in [1.29, 1.82) is 0 Å². The molecule has 0 aromatic heterocycles. The maximum absolute atomic E-state index is 9.36. The largest absolute Gasteiger partial charge is 0.508 e. The molecule has 94 valence electrons.